The Morgan fingerprint density at radius 1 is 0.578 bits per heavy atom. The van der Waals surface area contributed by atoms with E-state index in [1.54, 1.807) is 0 Å². The number of rotatable bonds is 10. The standard InChI is InChI=1S/C39H60O6/c1-35(2,3)21-37(7,8)29-19-27(11-15-31(29)40)13-17-33-42-23-39(24-43-33)25-44-34(45-26-39)18-14-28-12-16-32(41)30(20-28)38(9,10)22-36(4,5)6/h11-12,15-16,19-20,33-34,40-41H,13-14,17-18,21-26H2,1-10H3. The van der Waals surface area contributed by atoms with Crippen LogP contribution in [0, 0.1) is 16.2 Å². The normalized spacial score (nSPS) is 23.4. The van der Waals surface area contributed by atoms with Crippen molar-refractivity contribution in [1.82, 2.24) is 0 Å². The average Bonchev–Trinajstić information content (AvgIpc) is 2.91. The first-order chi connectivity index (χ1) is 20.8. The van der Waals surface area contributed by atoms with Crippen molar-refractivity contribution in [2.45, 2.75) is 131 Å². The van der Waals surface area contributed by atoms with Crippen LogP contribution in [-0.2, 0) is 42.6 Å². The molecule has 0 amide bonds. The topological polar surface area (TPSA) is 77.4 Å². The molecule has 0 aliphatic carbocycles. The van der Waals surface area contributed by atoms with E-state index in [9.17, 15) is 10.2 Å². The van der Waals surface area contributed by atoms with Crippen LogP contribution in [0.3, 0.4) is 0 Å². The molecule has 2 aliphatic heterocycles. The quantitative estimate of drug-likeness (QED) is 0.275. The SMILES string of the molecule is CC(C)(C)CC(C)(C)c1cc(CCC2OCC3(CO2)COC(CCc2ccc(O)c(C(C)(C)CC(C)(C)C)c2)OC3)ccc1O. The van der Waals surface area contributed by atoms with E-state index < -0.39 is 0 Å². The van der Waals surface area contributed by atoms with E-state index in [0.29, 0.717) is 37.9 Å². The first-order valence-electron chi connectivity index (χ1n) is 16.9. The third kappa shape index (κ3) is 9.93. The zero-order valence-corrected chi connectivity index (χ0v) is 29.7. The van der Waals surface area contributed by atoms with E-state index in [-0.39, 0.29) is 39.7 Å². The minimum atomic E-state index is -0.279. The Labute approximate surface area is 272 Å². The molecule has 2 fully saturated rings. The Kier molecular flexibility index (Phi) is 10.8. The van der Waals surface area contributed by atoms with Gasteiger partial charge < -0.3 is 29.2 Å². The summed E-state index contributed by atoms with van der Waals surface area (Å²) in [5.74, 6) is 0.729. The molecule has 252 valence electrons. The predicted octanol–water partition coefficient (Wildman–Crippen LogP) is 8.82. The van der Waals surface area contributed by atoms with E-state index >= 15 is 0 Å². The molecule has 0 aromatic heterocycles. The van der Waals surface area contributed by atoms with Crippen LogP contribution in [-0.4, -0.2) is 49.2 Å². The highest BCUT2D eigenvalue weighted by Gasteiger charge is 2.42. The van der Waals surface area contributed by atoms with E-state index in [0.717, 1.165) is 49.7 Å². The Balaban J connectivity index is 1.24. The zero-order valence-electron chi connectivity index (χ0n) is 29.7. The van der Waals surface area contributed by atoms with Crippen molar-refractivity contribution < 1.29 is 29.2 Å². The molecule has 0 atom stereocenters. The van der Waals surface area contributed by atoms with Gasteiger partial charge in [0.2, 0.25) is 0 Å². The van der Waals surface area contributed by atoms with Crippen LogP contribution in [0.4, 0.5) is 0 Å². The summed E-state index contributed by atoms with van der Waals surface area (Å²) in [7, 11) is 0. The second kappa shape index (κ2) is 13.5. The van der Waals surface area contributed by atoms with E-state index in [1.807, 2.05) is 24.3 Å². The Bertz CT molecular complexity index is 1160. The van der Waals surface area contributed by atoms with Crippen molar-refractivity contribution in [1.29, 1.82) is 0 Å². The van der Waals surface area contributed by atoms with Gasteiger partial charge in [-0.1, -0.05) is 93.5 Å². The summed E-state index contributed by atoms with van der Waals surface area (Å²) in [5, 5.41) is 21.3. The van der Waals surface area contributed by atoms with Crippen molar-refractivity contribution in [3.05, 3.63) is 58.7 Å². The molecule has 2 aromatic carbocycles. The lowest BCUT2D eigenvalue weighted by Gasteiger charge is -2.43. The summed E-state index contributed by atoms with van der Waals surface area (Å²) in [6.45, 7) is 24.5. The molecule has 2 heterocycles. The fourth-order valence-electron chi connectivity index (χ4n) is 7.73. The fourth-order valence-corrected chi connectivity index (χ4v) is 7.73. The van der Waals surface area contributed by atoms with Crippen molar-refractivity contribution in [2.24, 2.45) is 16.2 Å². The molecule has 2 N–H and O–H groups in total. The number of aromatic hydroxyl groups is 2. The van der Waals surface area contributed by atoms with Crippen LogP contribution >= 0.6 is 0 Å². The van der Waals surface area contributed by atoms with Gasteiger partial charge in [-0.3, -0.25) is 0 Å². The molecule has 1 spiro atoms. The van der Waals surface area contributed by atoms with Gasteiger partial charge in [0.25, 0.3) is 0 Å². The fraction of sp³-hybridized carbons (Fsp3) is 0.692. The van der Waals surface area contributed by atoms with Crippen LogP contribution in [0.25, 0.3) is 0 Å². The van der Waals surface area contributed by atoms with Crippen molar-refractivity contribution in [3.8, 4) is 11.5 Å². The van der Waals surface area contributed by atoms with E-state index in [1.165, 1.54) is 11.1 Å². The second-order valence-electron chi connectivity index (χ2n) is 17.6. The smallest absolute Gasteiger partial charge is 0.157 e. The molecule has 0 unspecified atom stereocenters. The summed E-state index contributed by atoms with van der Waals surface area (Å²) in [6, 6.07) is 12.0. The zero-order chi connectivity index (χ0) is 33.3. The average molecular weight is 625 g/mol. The number of aryl methyl sites for hydroxylation is 2. The number of ether oxygens (including phenoxy) is 4. The predicted molar refractivity (Wildman–Crippen MR) is 181 cm³/mol. The van der Waals surface area contributed by atoms with Gasteiger partial charge in [0.15, 0.2) is 12.6 Å². The molecule has 45 heavy (non-hydrogen) atoms. The van der Waals surface area contributed by atoms with Gasteiger partial charge in [-0.2, -0.15) is 0 Å². The first-order valence-corrected chi connectivity index (χ1v) is 16.9. The summed E-state index contributed by atoms with van der Waals surface area (Å²) >= 11 is 0. The highest BCUT2D eigenvalue weighted by Crippen LogP contribution is 2.42. The van der Waals surface area contributed by atoms with Gasteiger partial charge in [0.1, 0.15) is 11.5 Å². The van der Waals surface area contributed by atoms with Gasteiger partial charge in [-0.25, -0.2) is 0 Å². The summed E-state index contributed by atoms with van der Waals surface area (Å²) < 4.78 is 24.7. The molecule has 0 radical (unpaired) electrons. The van der Waals surface area contributed by atoms with Gasteiger partial charge >= 0.3 is 0 Å². The minimum absolute atomic E-state index is 0.128. The van der Waals surface area contributed by atoms with E-state index in [2.05, 4.69) is 81.4 Å². The van der Waals surface area contributed by atoms with Gasteiger partial charge in [0.05, 0.1) is 31.8 Å². The maximum Gasteiger partial charge on any atom is 0.157 e. The summed E-state index contributed by atoms with van der Waals surface area (Å²) in [6.07, 6.45) is 4.57. The number of hydrogen-bond donors (Lipinski definition) is 2. The lowest BCUT2D eigenvalue weighted by Crippen LogP contribution is -2.52. The Morgan fingerprint density at radius 2 is 0.911 bits per heavy atom. The third-order valence-electron chi connectivity index (χ3n) is 9.16. The maximum atomic E-state index is 10.6. The Hall–Kier alpha value is -2.12. The Morgan fingerprint density at radius 3 is 1.22 bits per heavy atom. The van der Waals surface area contributed by atoms with Crippen LogP contribution < -0.4 is 0 Å². The number of phenolic OH excluding ortho intramolecular Hbond substituents is 2. The number of hydrogen-bond acceptors (Lipinski definition) is 6. The van der Waals surface area contributed by atoms with E-state index in [4.69, 9.17) is 18.9 Å². The van der Waals surface area contributed by atoms with Gasteiger partial charge in [-0.05, 0) is 81.7 Å². The third-order valence-corrected chi connectivity index (χ3v) is 9.16. The maximum absolute atomic E-state index is 10.6. The monoisotopic (exact) mass is 624 g/mol. The summed E-state index contributed by atoms with van der Waals surface area (Å²) in [4.78, 5) is 0. The lowest BCUT2D eigenvalue weighted by atomic mass is 9.71. The molecular formula is C39H60O6. The van der Waals surface area contributed by atoms with Crippen molar-refractivity contribution in [2.75, 3.05) is 26.4 Å². The first kappa shape index (κ1) is 35.7. The second-order valence-corrected chi connectivity index (χ2v) is 17.6. The molecule has 6 nitrogen and oxygen atoms in total. The number of phenols is 2. The van der Waals surface area contributed by atoms with Gasteiger partial charge in [0, 0.05) is 12.8 Å². The van der Waals surface area contributed by atoms with Gasteiger partial charge in [-0.15, -0.1) is 0 Å². The molecule has 2 aromatic rings. The minimum Gasteiger partial charge on any atom is -0.508 e. The van der Waals surface area contributed by atoms with Crippen molar-refractivity contribution >= 4 is 0 Å². The highest BCUT2D eigenvalue weighted by molar-refractivity contribution is 5.42. The van der Waals surface area contributed by atoms with Crippen LogP contribution in [0.2, 0.25) is 0 Å². The molecular weight excluding hydrogens is 564 g/mol. The van der Waals surface area contributed by atoms with Crippen LogP contribution in [0.1, 0.15) is 117 Å². The molecule has 2 saturated heterocycles. The molecule has 4 rings (SSSR count). The molecule has 6 heteroatoms. The van der Waals surface area contributed by atoms with Crippen LogP contribution in [0.15, 0.2) is 36.4 Å². The van der Waals surface area contributed by atoms with Crippen molar-refractivity contribution in [3.63, 3.8) is 0 Å². The lowest BCUT2D eigenvalue weighted by molar-refractivity contribution is -0.303. The summed E-state index contributed by atoms with van der Waals surface area (Å²) in [5.41, 5.74) is 4.16. The highest BCUT2D eigenvalue weighted by atomic mass is 16.7. The molecule has 0 bridgehead atoms. The number of benzene rings is 2. The van der Waals surface area contributed by atoms with Crippen LogP contribution in [0.5, 0.6) is 11.5 Å². The molecule has 2 aliphatic rings. The largest absolute Gasteiger partial charge is 0.508 e. The molecule has 0 saturated carbocycles.